The van der Waals surface area contributed by atoms with Crippen LogP contribution in [-0.4, -0.2) is 32.1 Å². The quantitative estimate of drug-likeness (QED) is 0.352. The number of nitro groups is 1. The Kier molecular flexibility index (Phi) is 4.45. The van der Waals surface area contributed by atoms with Crippen molar-refractivity contribution in [3.05, 3.63) is 78.8 Å². The van der Waals surface area contributed by atoms with E-state index in [1.165, 1.54) is 36.4 Å². The number of aromatic hydroxyl groups is 1. The third-order valence-electron chi connectivity index (χ3n) is 5.39. The molecule has 0 aliphatic carbocycles. The van der Waals surface area contributed by atoms with Crippen molar-refractivity contribution >= 4 is 46.3 Å². The Morgan fingerprint density at radius 3 is 2.32 bits per heavy atom. The minimum Gasteiger partial charge on any atom is -0.508 e. The summed E-state index contributed by atoms with van der Waals surface area (Å²) in [5.41, 5.74) is 0.824. The van der Waals surface area contributed by atoms with Crippen molar-refractivity contribution in [2.75, 3.05) is 4.90 Å². The zero-order valence-corrected chi connectivity index (χ0v) is 17.2. The predicted molar refractivity (Wildman–Crippen MR) is 114 cm³/mol. The van der Waals surface area contributed by atoms with Gasteiger partial charge >= 0.3 is 4.87 Å². The van der Waals surface area contributed by atoms with E-state index < -0.39 is 33.8 Å². The van der Waals surface area contributed by atoms with Crippen molar-refractivity contribution < 1.29 is 19.6 Å². The van der Waals surface area contributed by atoms with Gasteiger partial charge in [-0.15, -0.1) is 0 Å². The van der Waals surface area contributed by atoms with Crippen molar-refractivity contribution in [3.8, 4) is 5.75 Å². The van der Waals surface area contributed by atoms with Crippen molar-refractivity contribution in [1.82, 2.24) is 4.98 Å². The highest BCUT2D eigenvalue weighted by Gasteiger charge is 2.56. The number of phenolic OH excluding ortho intramolecular Hbond substituents is 1. The number of carbonyl (C=O) groups is 2. The number of nitro benzene ring substituents is 1. The maximum atomic E-state index is 13.5. The summed E-state index contributed by atoms with van der Waals surface area (Å²) in [4.78, 5) is 53.3. The lowest BCUT2D eigenvalue weighted by molar-refractivity contribution is -0.384. The maximum Gasteiger partial charge on any atom is 0.305 e. The fraction of sp³-hybridized carbons (Fsp3) is 0.150. The van der Waals surface area contributed by atoms with Gasteiger partial charge in [-0.05, 0) is 29.8 Å². The van der Waals surface area contributed by atoms with Gasteiger partial charge in [-0.2, -0.15) is 0 Å². The average Bonchev–Trinajstić information content (AvgIpc) is 3.23. The Bertz CT molecular complexity index is 1280. The minimum absolute atomic E-state index is 0.0642. The number of H-pyrrole nitrogens is 1. The molecule has 2 aliphatic rings. The molecule has 0 spiro atoms. The zero-order valence-electron chi connectivity index (χ0n) is 15.6. The predicted octanol–water partition coefficient (Wildman–Crippen LogP) is 2.85. The van der Waals surface area contributed by atoms with Gasteiger partial charge in [-0.25, -0.2) is 4.90 Å². The summed E-state index contributed by atoms with van der Waals surface area (Å²) in [5, 5.41) is 20.4. The molecule has 5 rings (SSSR count). The normalized spacial score (nSPS) is 22.3. The van der Waals surface area contributed by atoms with Crippen molar-refractivity contribution in [1.29, 1.82) is 0 Å². The first-order valence-corrected chi connectivity index (χ1v) is 10.9. The number of amides is 2. The van der Waals surface area contributed by atoms with E-state index in [0.717, 1.165) is 28.0 Å². The van der Waals surface area contributed by atoms with Crippen LogP contribution in [0.1, 0.15) is 16.4 Å². The molecular weight excluding hydrogens is 442 g/mol. The molecule has 0 radical (unpaired) electrons. The fourth-order valence-electron chi connectivity index (χ4n) is 4.04. The molecule has 2 amide bonds. The molecule has 1 saturated heterocycles. The molecule has 0 bridgehead atoms. The second kappa shape index (κ2) is 7.06. The summed E-state index contributed by atoms with van der Waals surface area (Å²) in [5.74, 6) is -2.09. The summed E-state index contributed by atoms with van der Waals surface area (Å²) in [6.45, 7) is 0. The number of nitrogens with zero attached hydrogens (tertiary/aromatic N) is 2. The molecule has 2 aromatic carbocycles. The molecule has 156 valence electrons. The van der Waals surface area contributed by atoms with Gasteiger partial charge in [0.2, 0.25) is 11.8 Å². The lowest BCUT2D eigenvalue weighted by Gasteiger charge is -2.29. The lowest BCUT2D eigenvalue weighted by atomic mass is 9.83. The minimum atomic E-state index is -0.754. The van der Waals surface area contributed by atoms with Crippen molar-refractivity contribution in [2.45, 2.75) is 16.2 Å². The highest BCUT2D eigenvalue weighted by Crippen LogP contribution is 2.53. The Balaban J connectivity index is 1.60. The number of hydrogen-bond donors (Lipinski definition) is 2. The average molecular weight is 455 g/mol. The summed E-state index contributed by atoms with van der Waals surface area (Å²) in [6, 6.07) is 11.6. The molecule has 2 unspecified atom stereocenters. The molecule has 3 aromatic rings. The van der Waals surface area contributed by atoms with Crippen LogP contribution in [0.25, 0.3) is 0 Å². The zero-order chi connectivity index (χ0) is 21.9. The van der Waals surface area contributed by atoms with Gasteiger partial charge in [0.1, 0.15) is 11.0 Å². The fourth-order valence-corrected chi connectivity index (χ4v) is 6.55. The number of aromatic amines is 1. The van der Waals surface area contributed by atoms with Crippen LogP contribution in [0.15, 0.2) is 58.4 Å². The molecule has 0 saturated carbocycles. The van der Waals surface area contributed by atoms with Crippen LogP contribution in [0.4, 0.5) is 11.4 Å². The second-order valence-corrected chi connectivity index (χ2v) is 9.29. The van der Waals surface area contributed by atoms with Gasteiger partial charge in [0.25, 0.3) is 5.69 Å². The molecular formula is C20H13N3O6S2. The Hall–Kier alpha value is -3.44. The number of carbonyl (C=O) groups excluding carboxylic acids is 2. The first-order chi connectivity index (χ1) is 14.8. The van der Waals surface area contributed by atoms with Gasteiger partial charge in [0.05, 0.1) is 21.6 Å². The van der Waals surface area contributed by atoms with Crippen LogP contribution < -0.4 is 9.77 Å². The molecule has 1 aromatic heterocycles. The SMILES string of the molecule is O=C1C2Sc3[nH]c(=O)sc3[C@H](c3ccc(O)cc3)C2C(=O)N1c1ccc([N+](=O)[O-])cc1. The standard InChI is InChI=1S/C20H13N3O6S2/c24-12-7-1-9(2-8-12)13-14-16(30-17-15(13)31-20(27)21-17)19(26)22(18(14)25)10-3-5-11(6-4-10)23(28)29/h1-8,13-14,16,24H,(H,21,27)/t13-,14?,16?/m1/s1. The third kappa shape index (κ3) is 3.04. The van der Waals surface area contributed by atoms with E-state index in [1.54, 1.807) is 12.1 Å². The number of rotatable bonds is 3. The van der Waals surface area contributed by atoms with E-state index >= 15 is 0 Å². The molecule has 2 aliphatic heterocycles. The maximum absolute atomic E-state index is 13.5. The Morgan fingerprint density at radius 1 is 1.00 bits per heavy atom. The number of hydrogen-bond acceptors (Lipinski definition) is 8. The van der Waals surface area contributed by atoms with E-state index in [0.29, 0.717) is 15.5 Å². The van der Waals surface area contributed by atoms with E-state index in [2.05, 4.69) is 4.98 Å². The number of phenols is 1. The van der Waals surface area contributed by atoms with E-state index in [9.17, 15) is 29.6 Å². The Labute approximate surface area is 182 Å². The van der Waals surface area contributed by atoms with Gasteiger partial charge in [0.15, 0.2) is 0 Å². The Morgan fingerprint density at radius 2 is 1.68 bits per heavy atom. The van der Waals surface area contributed by atoms with Crippen LogP contribution >= 0.6 is 23.1 Å². The smallest absolute Gasteiger partial charge is 0.305 e. The van der Waals surface area contributed by atoms with Gasteiger partial charge in [0, 0.05) is 22.9 Å². The highest BCUT2D eigenvalue weighted by molar-refractivity contribution is 8.00. The van der Waals surface area contributed by atoms with Crippen molar-refractivity contribution in [3.63, 3.8) is 0 Å². The molecule has 3 atom stereocenters. The largest absolute Gasteiger partial charge is 0.508 e. The molecule has 31 heavy (non-hydrogen) atoms. The first kappa shape index (κ1) is 19.5. The van der Waals surface area contributed by atoms with Gasteiger partial charge in [-0.3, -0.25) is 24.5 Å². The summed E-state index contributed by atoms with van der Waals surface area (Å²) >= 11 is 2.15. The summed E-state index contributed by atoms with van der Waals surface area (Å²) in [7, 11) is 0. The summed E-state index contributed by atoms with van der Waals surface area (Å²) < 4.78 is 0. The number of thioether (sulfide) groups is 1. The van der Waals surface area contributed by atoms with E-state index in [4.69, 9.17) is 0 Å². The van der Waals surface area contributed by atoms with E-state index in [-0.39, 0.29) is 22.0 Å². The number of aromatic nitrogens is 1. The topological polar surface area (TPSA) is 134 Å². The number of benzene rings is 2. The van der Waals surface area contributed by atoms with Crippen LogP contribution in [0, 0.1) is 16.0 Å². The van der Waals surface area contributed by atoms with Crippen LogP contribution in [0.2, 0.25) is 0 Å². The number of anilines is 1. The van der Waals surface area contributed by atoms with Gasteiger partial charge in [-0.1, -0.05) is 35.2 Å². The second-order valence-electron chi connectivity index (χ2n) is 7.13. The first-order valence-electron chi connectivity index (χ1n) is 9.16. The molecule has 2 N–H and O–H groups in total. The number of non-ortho nitro benzene ring substituents is 1. The molecule has 9 nitrogen and oxygen atoms in total. The summed E-state index contributed by atoms with van der Waals surface area (Å²) in [6.07, 6.45) is 0. The molecule has 3 heterocycles. The number of thiazole rings is 1. The van der Waals surface area contributed by atoms with E-state index in [1.807, 2.05) is 0 Å². The number of fused-ring (bicyclic) bond motifs is 2. The van der Waals surface area contributed by atoms with Crippen LogP contribution in [0.5, 0.6) is 5.75 Å². The number of nitrogens with one attached hydrogen (secondary N) is 1. The monoisotopic (exact) mass is 455 g/mol. The van der Waals surface area contributed by atoms with Gasteiger partial charge < -0.3 is 10.1 Å². The third-order valence-corrected chi connectivity index (χ3v) is 7.80. The highest BCUT2D eigenvalue weighted by atomic mass is 32.2. The number of imide groups is 1. The molecule has 11 heteroatoms. The van der Waals surface area contributed by atoms with Crippen molar-refractivity contribution in [2.24, 2.45) is 5.92 Å². The van der Waals surface area contributed by atoms with Crippen LogP contribution in [-0.2, 0) is 9.59 Å². The lowest BCUT2D eigenvalue weighted by Crippen LogP contribution is -2.32. The van der Waals surface area contributed by atoms with Crippen LogP contribution in [0.3, 0.4) is 0 Å². The molecule has 1 fully saturated rings.